The van der Waals surface area contributed by atoms with Crippen molar-refractivity contribution >= 4 is 34.6 Å². The van der Waals surface area contributed by atoms with E-state index < -0.39 is 4.92 Å². The molecule has 1 saturated carbocycles. The summed E-state index contributed by atoms with van der Waals surface area (Å²) in [5, 5.41) is 20.5. The summed E-state index contributed by atoms with van der Waals surface area (Å²) in [6.45, 7) is 1.43. The summed E-state index contributed by atoms with van der Waals surface area (Å²) in [7, 11) is 0. The molecule has 9 nitrogen and oxygen atoms in total. The van der Waals surface area contributed by atoms with E-state index in [1.807, 2.05) is 0 Å². The maximum absolute atomic E-state index is 11.6. The zero-order valence-corrected chi connectivity index (χ0v) is 15.1. The number of carbonyl (C=O) groups is 1. The van der Waals surface area contributed by atoms with Gasteiger partial charge in [0.2, 0.25) is 17.5 Å². The summed E-state index contributed by atoms with van der Waals surface area (Å²) in [6, 6.07) is 7.03. The van der Waals surface area contributed by atoms with E-state index in [0.717, 1.165) is 25.7 Å². The van der Waals surface area contributed by atoms with Gasteiger partial charge in [0.1, 0.15) is 6.33 Å². The van der Waals surface area contributed by atoms with Gasteiger partial charge in [0.25, 0.3) is 0 Å². The Hall–Kier alpha value is -3.23. The molecule has 0 aliphatic heterocycles. The van der Waals surface area contributed by atoms with Crippen molar-refractivity contribution in [2.75, 3.05) is 16.0 Å². The number of benzene rings is 1. The minimum atomic E-state index is -0.473. The van der Waals surface area contributed by atoms with Gasteiger partial charge < -0.3 is 16.0 Å². The molecule has 0 unspecified atom stereocenters. The maximum Gasteiger partial charge on any atom is 0.353 e. The van der Waals surface area contributed by atoms with Crippen LogP contribution in [0.5, 0.6) is 0 Å². The van der Waals surface area contributed by atoms with Crippen LogP contribution in [0.2, 0.25) is 0 Å². The second-order valence-corrected chi connectivity index (χ2v) is 6.54. The van der Waals surface area contributed by atoms with Crippen molar-refractivity contribution in [1.29, 1.82) is 0 Å². The van der Waals surface area contributed by atoms with Crippen LogP contribution in [-0.2, 0) is 4.79 Å². The molecular formula is C18H22N6O3. The van der Waals surface area contributed by atoms with E-state index in [9.17, 15) is 14.9 Å². The number of aromatic nitrogens is 2. The number of nitrogens with one attached hydrogen (secondary N) is 3. The predicted octanol–water partition coefficient (Wildman–Crippen LogP) is 3.83. The lowest BCUT2D eigenvalue weighted by atomic mass is 9.95. The molecule has 1 heterocycles. The minimum Gasteiger partial charge on any atom is -0.361 e. The molecule has 3 rings (SSSR count). The van der Waals surface area contributed by atoms with Crippen LogP contribution in [0.3, 0.4) is 0 Å². The highest BCUT2D eigenvalue weighted by Gasteiger charge is 2.25. The normalized spacial score (nSPS) is 14.4. The molecule has 1 amide bonds. The molecular weight excluding hydrogens is 348 g/mol. The number of nitro groups is 1. The Morgan fingerprint density at radius 3 is 2.33 bits per heavy atom. The number of anilines is 4. The maximum atomic E-state index is 11.6. The molecule has 1 fully saturated rings. The molecule has 142 valence electrons. The zero-order chi connectivity index (χ0) is 19.2. The average Bonchev–Trinajstić information content (AvgIpc) is 2.64. The van der Waals surface area contributed by atoms with Gasteiger partial charge in [0, 0.05) is 24.3 Å². The highest BCUT2D eigenvalue weighted by molar-refractivity contribution is 5.89. The predicted molar refractivity (Wildman–Crippen MR) is 103 cm³/mol. The third kappa shape index (κ3) is 4.90. The SMILES string of the molecule is CC(=O)Nc1ccc(Nc2ncnc(NC3CCCCC3)c2[N+](=O)[O-])cc1. The molecule has 1 aliphatic rings. The monoisotopic (exact) mass is 370 g/mol. The number of nitrogens with zero attached hydrogens (tertiary/aromatic N) is 3. The Bertz CT molecular complexity index is 818. The summed E-state index contributed by atoms with van der Waals surface area (Å²) in [5.74, 6) is 0.195. The van der Waals surface area contributed by atoms with Gasteiger partial charge in [-0.25, -0.2) is 9.97 Å². The molecule has 0 spiro atoms. The first-order chi connectivity index (χ1) is 13.0. The van der Waals surface area contributed by atoms with E-state index >= 15 is 0 Å². The Labute approximate surface area is 156 Å². The Kier molecular flexibility index (Phi) is 5.80. The molecule has 1 aromatic carbocycles. The molecule has 2 aromatic rings. The lowest BCUT2D eigenvalue weighted by Crippen LogP contribution is -2.23. The first-order valence-corrected chi connectivity index (χ1v) is 8.93. The van der Waals surface area contributed by atoms with Crippen LogP contribution in [0.1, 0.15) is 39.0 Å². The molecule has 3 N–H and O–H groups in total. The molecule has 0 radical (unpaired) electrons. The third-order valence-corrected chi connectivity index (χ3v) is 4.42. The summed E-state index contributed by atoms with van der Waals surface area (Å²) in [5.41, 5.74) is 1.09. The third-order valence-electron chi connectivity index (χ3n) is 4.42. The number of carbonyl (C=O) groups excluding carboxylic acids is 1. The minimum absolute atomic E-state index is 0.126. The van der Waals surface area contributed by atoms with E-state index in [-0.39, 0.29) is 29.3 Å². The van der Waals surface area contributed by atoms with Gasteiger partial charge in [-0.2, -0.15) is 0 Å². The smallest absolute Gasteiger partial charge is 0.353 e. The van der Waals surface area contributed by atoms with Crippen LogP contribution >= 0.6 is 0 Å². The summed E-state index contributed by atoms with van der Waals surface area (Å²) < 4.78 is 0. The van der Waals surface area contributed by atoms with Gasteiger partial charge in [0.15, 0.2) is 0 Å². The van der Waals surface area contributed by atoms with E-state index in [4.69, 9.17) is 0 Å². The van der Waals surface area contributed by atoms with Crippen LogP contribution in [0, 0.1) is 10.1 Å². The highest BCUT2D eigenvalue weighted by Crippen LogP contribution is 2.33. The Morgan fingerprint density at radius 1 is 1.07 bits per heavy atom. The molecule has 9 heteroatoms. The number of hydrogen-bond acceptors (Lipinski definition) is 7. The highest BCUT2D eigenvalue weighted by atomic mass is 16.6. The van der Waals surface area contributed by atoms with Gasteiger partial charge in [-0.05, 0) is 37.1 Å². The second kappa shape index (κ2) is 8.43. The van der Waals surface area contributed by atoms with Gasteiger partial charge >= 0.3 is 5.69 Å². The molecule has 0 bridgehead atoms. The van der Waals surface area contributed by atoms with Crippen LogP contribution < -0.4 is 16.0 Å². The summed E-state index contributed by atoms with van der Waals surface area (Å²) in [4.78, 5) is 30.4. The number of rotatable bonds is 6. The van der Waals surface area contributed by atoms with Crippen LogP contribution in [0.4, 0.5) is 28.7 Å². The van der Waals surface area contributed by atoms with Crippen LogP contribution in [0.15, 0.2) is 30.6 Å². The first kappa shape index (κ1) is 18.6. The van der Waals surface area contributed by atoms with Crippen LogP contribution in [0.25, 0.3) is 0 Å². The fraction of sp³-hybridized carbons (Fsp3) is 0.389. The standard InChI is InChI=1S/C18H22N6O3/c1-12(25)21-14-7-9-15(10-8-14)23-18-16(24(26)27)17(19-11-20-18)22-13-5-3-2-4-6-13/h7-11,13H,2-6H2,1H3,(H,21,25)(H2,19,20,22,23). The van der Waals surface area contributed by atoms with Crippen molar-refractivity contribution in [3.8, 4) is 0 Å². The van der Waals surface area contributed by atoms with E-state index in [0.29, 0.717) is 11.4 Å². The van der Waals surface area contributed by atoms with Crippen molar-refractivity contribution in [2.45, 2.75) is 45.1 Å². The Morgan fingerprint density at radius 2 is 1.70 bits per heavy atom. The molecule has 0 atom stereocenters. The molecule has 1 aromatic heterocycles. The van der Waals surface area contributed by atoms with E-state index in [2.05, 4.69) is 25.9 Å². The first-order valence-electron chi connectivity index (χ1n) is 8.93. The Balaban J connectivity index is 1.81. The zero-order valence-electron chi connectivity index (χ0n) is 15.1. The lowest BCUT2D eigenvalue weighted by molar-refractivity contribution is -0.383. The van der Waals surface area contributed by atoms with E-state index in [1.165, 1.54) is 19.7 Å². The topological polar surface area (TPSA) is 122 Å². The summed E-state index contributed by atoms with van der Waals surface area (Å²) >= 11 is 0. The van der Waals surface area contributed by atoms with Crippen LogP contribution in [-0.4, -0.2) is 26.8 Å². The lowest BCUT2D eigenvalue weighted by Gasteiger charge is -2.23. The average molecular weight is 370 g/mol. The van der Waals surface area contributed by atoms with Crippen molar-refractivity contribution in [1.82, 2.24) is 9.97 Å². The van der Waals surface area contributed by atoms with Gasteiger partial charge in [-0.15, -0.1) is 0 Å². The fourth-order valence-electron chi connectivity index (χ4n) is 3.17. The molecule has 27 heavy (non-hydrogen) atoms. The van der Waals surface area contributed by atoms with Crippen molar-refractivity contribution in [2.24, 2.45) is 0 Å². The fourth-order valence-corrected chi connectivity index (χ4v) is 3.17. The number of amides is 1. The van der Waals surface area contributed by atoms with Crippen molar-refractivity contribution in [3.63, 3.8) is 0 Å². The largest absolute Gasteiger partial charge is 0.361 e. The van der Waals surface area contributed by atoms with Crippen molar-refractivity contribution in [3.05, 3.63) is 40.7 Å². The molecule has 0 saturated heterocycles. The van der Waals surface area contributed by atoms with Gasteiger partial charge in [-0.1, -0.05) is 19.3 Å². The number of hydrogen-bond donors (Lipinski definition) is 3. The van der Waals surface area contributed by atoms with Crippen molar-refractivity contribution < 1.29 is 9.72 Å². The summed E-state index contributed by atoms with van der Waals surface area (Å²) in [6.07, 6.45) is 6.70. The van der Waals surface area contributed by atoms with Gasteiger partial charge in [-0.3, -0.25) is 14.9 Å². The van der Waals surface area contributed by atoms with Gasteiger partial charge in [0.05, 0.1) is 4.92 Å². The quantitative estimate of drug-likeness (QED) is 0.521. The molecule has 1 aliphatic carbocycles. The van der Waals surface area contributed by atoms with E-state index in [1.54, 1.807) is 24.3 Å². The second-order valence-electron chi connectivity index (χ2n) is 6.54.